The second-order valence-corrected chi connectivity index (χ2v) is 9.82. The van der Waals surface area contributed by atoms with Gasteiger partial charge in [0.2, 0.25) is 5.89 Å². The van der Waals surface area contributed by atoms with Crippen LogP contribution < -0.4 is 11.5 Å². The number of nitrogens with two attached hydrogens (primary N) is 2. The van der Waals surface area contributed by atoms with E-state index in [2.05, 4.69) is 82.9 Å². The number of hydrogen-bond donors (Lipinski definition) is 3. The fraction of sp³-hybridized carbons (Fsp3) is 0.231. The second-order valence-electron chi connectivity index (χ2n) is 8.01. The average molecular weight is 477 g/mol. The summed E-state index contributed by atoms with van der Waals surface area (Å²) in [6.07, 6.45) is 0. The molecule has 2 atom stereocenters. The molecule has 0 aliphatic heterocycles. The van der Waals surface area contributed by atoms with Crippen LogP contribution in [0.15, 0.2) is 95.5 Å². The van der Waals surface area contributed by atoms with E-state index >= 15 is 0 Å². The Hall–Kier alpha value is -2.58. The summed E-state index contributed by atoms with van der Waals surface area (Å²) in [5, 5.41) is 3.60. The largest absolute Gasteiger partial charge is 0.337 e. The predicted octanol–water partition coefficient (Wildman–Crippen LogP) is 4.51. The van der Waals surface area contributed by atoms with Crippen LogP contribution in [-0.2, 0) is 10.3 Å². The molecule has 0 fully saturated rings. The van der Waals surface area contributed by atoms with Crippen LogP contribution >= 0.6 is 24.4 Å². The van der Waals surface area contributed by atoms with Crippen molar-refractivity contribution in [2.24, 2.45) is 11.5 Å². The molecule has 1 heterocycles. The lowest BCUT2D eigenvalue weighted by Gasteiger charge is -2.39. The molecule has 33 heavy (non-hydrogen) atoms. The van der Waals surface area contributed by atoms with E-state index in [9.17, 15) is 0 Å². The minimum absolute atomic E-state index is 0.274. The zero-order valence-electron chi connectivity index (χ0n) is 18.5. The predicted molar refractivity (Wildman–Crippen MR) is 138 cm³/mol. The highest BCUT2D eigenvalue weighted by Crippen LogP contribution is 2.50. The Bertz CT molecular complexity index is 1060. The molecule has 1 aromatic heterocycles. The van der Waals surface area contributed by atoms with Gasteiger partial charge in [0.05, 0.1) is 4.75 Å². The van der Waals surface area contributed by atoms with Crippen LogP contribution in [0.1, 0.15) is 28.4 Å². The fourth-order valence-corrected chi connectivity index (χ4v) is 6.01. The third-order valence-corrected chi connectivity index (χ3v) is 8.25. The number of benzene rings is 3. The molecule has 3 aromatic carbocycles. The maximum Gasteiger partial charge on any atom is 0.248 e. The molecule has 4 N–H and O–H groups in total. The number of hydrogen-bond acceptors (Lipinski definition) is 7. The molecule has 170 valence electrons. The standard InChI is InChI=1S/C26H28N4OS2/c1-19-29-24(31-30-19)25(28,23(32)17-27)18-33-26(20-11-5-2-6-12-20,21-13-7-3-8-14-21)22-15-9-4-10-16-22/h2-16,23,32H,17-18,27-28H2,1H3/t23?,25-/m0/s1. The lowest BCUT2D eigenvalue weighted by molar-refractivity contribution is 0.295. The van der Waals surface area contributed by atoms with Gasteiger partial charge in [0.15, 0.2) is 5.82 Å². The summed E-state index contributed by atoms with van der Waals surface area (Å²) in [4.78, 5) is 4.45. The Morgan fingerprint density at radius 2 is 1.33 bits per heavy atom. The van der Waals surface area contributed by atoms with Gasteiger partial charge in [-0.15, -0.1) is 11.8 Å². The zero-order valence-corrected chi connectivity index (χ0v) is 20.2. The smallest absolute Gasteiger partial charge is 0.248 e. The lowest BCUT2D eigenvalue weighted by Crippen LogP contribution is -2.51. The molecular formula is C26H28N4OS2. The van der Waals surface area contributed by atoms with Gasteiger partial charge < -0.3 is 16.0 Å². The highest BCUT2D eigenvalue weighted by molar-refractivity contribution is 8.00. The van der Waals surface area contributed by atoms with Crippen molar-refractivity contribution < 1.29 is 4.52 Å². The summed E-state index contributed by atoms with van der Waals surface area (Å²) in [7, 11) is 0. The Balaban J connectivity index is 1.88. The van der Waals surface area contributed by atoms with Crippen LogP contribution in [0.25, 0.3) is 0 Å². The molecule has 1 unspecified atom stereocenters. The van der Waals surface area contributed by atoms with E-state index < -0.39 is 10.3 Å². The molecule has 5 nitrogen and oxygen atoms in total. The Morgan fingerprint density at radius 3 is 1.70 bits per heavy atom. The highest BCUT2D eigenvalue weighted by atomic mass is 32.2. The Morgan fingerprint density at radius 1 is 0.879 bits per heavy atom. The first-order valence-electron chi connectivity index (χ1n) is 10.8. The molecule has 0 aliphatic carbocycles. The summed E-state index contributed by atoms with van der Waals surface area (Å²) in [5.41, 5.74) is 15.4. The average Bonchev–Trinajstić information content (AvgIpc) is 3.32. The molecule has 0 spiro atoms. The monoisotopic (exact) mass is 476 g/mol. The molecule has 7 heteroatoms. The van der Waals surface area contributed by atoms with Crippen LogP contribution in [0.2, 0.25) is 0 Å². The van der Waals surface area contributed by atoms with E-state index in [1.54, 1.807) is 18.7 Å². The number of nitrogens with zero attached hydrogens (tertiary/aromatic N) is 2. The molecule has 0 bridgehead atoms. The van der Waals surface area contributed by atoms with Crippen LogP contribution in [0.3, 0.4) is 0 Å². The molecule has 0 radical (unpaired) electrons. The van der Waals surface area contributed by atoms with E-state index in [1.165, 1.54) is 0 Å². The number of rotatable bonds is 9. The van der Waals surface area contributed by atoms with Gasteiger partial charge in [-0.2, -0.15) is 17.6 Å². The topological polar surface area (TPSA) is 91.0 Å². The number of thiol groups is 1. The highest BCUT2D eigenvalue weighted by Gasteiger charge is 2.45. The van der Waals surface area contributed by atoms with Crippen molar-refractivity contribution in [3.05, 3.63) is 119 Å². The van der Waals surface area contributed by atoms with Gasteiger partial charge in [0.25, 0.3) is 0 Å². The van der Waals surface area contributed by atoms with Crippen molar-refractivity contribution in [2.45, 2.75) is 22.5 Å². The first kappa shape index (κ1) is 23.6. The minimum atomic E-state index is -1.02. The van der Waals surface area contributed by atoms with Crippen molar-refractivity contribution in [2.75, 3.05) is 12.3 Å². The molecule has 4 rings (SSSR count). The SMILES string of the molecule is Cc1noc([C@](N)(CSC(c2ccccc2)(c2ccccc2)c2ccccc2)C(S)CN)n1. The first-order valence-corrected chi connectivity index (χ1v) is 12.3. The van der Waals surface area contributed by atoms with Crippen LogP contribution in [0.5, 0.6) is 0 Å². The van der Waals surface area contributed by atoms with Crippen LogP contribution in [0, 0.1) is 6.92 Å². The second kappa shape index (κ2) is 10.1. The molecule has 4 aromatic rings. The molecule has 0 aliphatic rings. The molecule has 0 saturated heterocycles. The van der Waals surface area contributed by atoms with Gasteiger partial charge in [-0.1, -0.05) is 96.2 Å². The van der Waals surface area contributed by atoms with Gasteiger partial charge in [-0.25, -0.2) is 0 Å². The Labute approximate surface area is 204 Å². The summed E-state index contributed by atoms with van der Waals surface area (Å²) in [6.45, 7) is 2.05. The third-order valence-electron chi connectivity index (χ3n) is 5.81. The minimum Gasteiger partial charge on any atom is -0.337 e. The fourth-order valence-electron chi connectivity index (χ4n) is 3.99. The normalized spacial score (nSPS) is 14.5. The molecule has 0 amide bonds. The van der Waals surface area contributed by atoms with Crippen molar-refractivity contribution in [1.29, 1.82) is 0 Å². The molecule has 0 saturated carbocycles. The summed E-state index contributed by atoms with van der Waals surface area (Å²) < 4.78 is 5.01. The van der Waals surface area contributed by atoms with Gasteiger partial charge in [-0.3, -0.25) is 0 Å². The molecular weight excluding hydrogens is 448 g/mol. The third kappa shape index (κ3) is 4.59. The van der Waals surface area contributed by atoms with E-state index in [0.29, 0.717) is 17.5 Å². The van der Waals surface area contributed by atoms with Crippen molar-refractivity contribution in [3.8, 4) is 0 Å². The van der Waals surface area contributed by atoms with Crippen molar-refractivity contribution in [3.63, 3.8) is 0 Å². The van der Waals surface area contributed by atoms with Gasteiger partial charge >= 0.3 is 0 Å². The van der Waals surface area contributed by atoms with Crippen LogP contribution in [-0.4, -0.2) is 27.7 Å². The van der Waals surface area contributed by atoms with E-state index in [0.717, 1.165) is 16.7 Å². The van der Waals surface area contributed by atoms with Gasteiger partial charge in [0, 0.05) is 17.5 Å². The number of thioether (sulfide) groups is 1. The number of aromatic nitrogens is 2. The maximum absolute atomic E-state index is 6.95. The van der Waals surface area contributed by atoms with Gasteiger partial charge in [-0.05, 0) is 23.6 Å². The van der Waals surface area contributed by atoms with E-state index in [1.807, 2.05) is 18.2 Å². The van der Waals surface area contributed by atoms with E-state index in [4.69, 9.17) is 28.6 Å². The maximum atomic E-state index is 6.95. The lowest BCUT2D eigenvalue weighted by atomic mass is 9.84. The summed E-state index contributed by atoms with van der Waals surface area (Å²) in [5.74, 6) is 1.34. The van der Waals surface area contributed by atoms with Gasteiger partial charge in [0.1, 0.15) is 5.54 Å². The summed E-state index contributed by atoms with van der Waals surface area (Å²) in [6, 6.07) is 31.4. The quantitative estimate of drug-likeness (QED) is 0.243. The zero-order chi connectivity index (χ0) is 23.3. The summed E-state index contributed by atoms with van der Waals surface area (Å²) >= 11 is 6.46. The Kier molecular flexibility index (Phi) is 7.24. The van der Waals surface area contributed by atoms with Crippen molar-refractivity contribution in [1.82, 2.24) is 10.1 Å². The first-order chi connectivity index (χ1) is 16.0. The van der Waals surface area contributed by atoms with E-state index in [-0.39, 0.29) is 11.8 Å². The number of aryl methyl sites for hydroxylation is 1. The van der Waals surface area contributed by atoms with Crippen LogP contribution in [0.4, 0.5) is 0 Å². The van der Waals surface area contributed by atoms with Crippen molar-refractivity contribution >= 4 is 24.4 Å².